The summed E-state index contributed by atoms with van der Waals surface area (Å²) >= 11 is 0. The highest BCUT2D eigenvalue weighted by molar-refractivity contribution is 5.71. The molecule has 7 nitrogen and oxygen atoms in total. The zero-order valence-corrected chi connectivity index (χ0v) is 17.1. The molecule has 4 unspecified atom stereocenters. The van der Waals surface area contributed by atoms with E-state index in [1.807, 2.05) is 12.1 Å². The molecular weight excluding hydrogens is 374 g/mol. The van der Waals surface area contributed by atoms with E-state index in [9.17, 15) is 9.59 Å². The van der Waals surface area contributed by atoms with Crippen LogP contribution < -0.4 is 9.47 Å². The summed E-state index contributed by atoms with van der Waals surface area (Å²) in [5.41, 5.74) is 0.814. The van der Waals surface area contributed by atoms with Gasteiger partial charge in [-0.1, -0.05) is 6.07 Å². The molecule has 5 rings (SSSR count). The number of esters is 2. The van der Waals surface area contributed by atoms with Crippen molar-refractivity contribution in [3.05, 3.63) is 35.1 Å². The van der Waals surface area contributed by atoms with Gasteiger partial charge in [0, 0.05) is 25.8 Å². The van der Waals surface area contributed by atoms with Gasteiger partial charge in [-0.25, -0.2) is 0 Å². The molecule has 2 aliphatic heterocycles. The molecule has 0 aromatic heterocycles. The second-order valence-electron chi connectivity index (χ2n) is 8.44. The second kappa shape index (κ2) is 5.98. The van der Waals surface area contributed by atoms with Gasteiger partial charge in [-0.3, -0.25) is 14.5 Å². The third kappa shape index (κ3) is 2.16. The molecular formula is C22H25NO6. The predicted molar refractivity (Wildman–Crippen MR) is 103 cm³/mol. The summed E-state index contributed by atoms with van der Waals surface area (Å²) in [7, 11) is 3.69. The van der Waals surface area contributed by atoms with E-state index in [1.165, 1.54) is 19.4 Å². The first-order valence-corrected chi connectivity index (χ1v) is 9.99. The minimum atomic E-state index is -0.787. The fourth-order valence-electron chi connectivity index (χ4n) is 6.18. The average molecular weight is 399 g/mol. The minimum absolute atomic E-state index is 0.00761. The first-order valence-electron chi connectivity index (χ1n) is 9.99. The number of carbonyl (C=O) groups is 2. The van der Waals surface area contributed by atoms with Crippen molar-refractivity contribution in [3.63, 3.8) is 0 Å². The Kier molecular flexibility index (Phi) is 3.81. The number of methoxy groups -OCH3 is 1. The van der Waals surface area contributed by atoms with Crippen LogP contribution in [-0.4, -0.2) is 55.3 Å². The standard InChI is InChI=1S/C22H25NO6/c1-12(24)27-16-7-8-22(29-13(2)25)17-11-14-5-6-15(26-4)19-18(14)21(22,20(16)28-19)9-10-23(17)3/h5-7,17,20H,8-11H2,1-4H3. The van der Waals surface area contributed by atoms with Crippen LogP contribution in [0.4, 0.5) is 0 Å². The van der Waals surface area contributed by atoms with Crippen molar-refractivity contribution in [3.8, 4) is 11.5 Å². The van der Waals surface area contributed by atoms with E-state index in [1.54, 1.807) is 7.11 Å². The molecule has 29 heavy (non-hydrogen) atoms. The van der Waals surface area contributed by atoms with E-state index >= 15 is 0 Å². The second-order valence-corrected chi connectivity index (χ2v) is 8.44. The summed E-state index contributed by atoms with van der Waals surface area (Å²) in [4.78, 5) is 26.4. The molecule has 0 N–H and O–H groups in total. The van der Waals surface area contributed by atoms with Gasteiger partial charge in [0.1, 0.15) is 11.4 Å². The smallest absolute Gasteiger partial charge is 0.307 e. The van der Waals surface area contributed by atoms with Gasteiger partial charge in [-0.05, 0) is 44.1 Å². The molecule has 4 atom stereocenters. The van der Waals surface area contributed by atoms with Crippen LogP contribution in [0.2, 0.25) is 0 Å². The largest absolute Gasteiger partial charge is 0.493 e. The minimum Gasteiger partial charge on any atom is -0.493 e. The Labute approximate surface area is 169 Å². The van der Waals surface area contributed by atoms with Crippen molar-refractivity contribution < 1.29 is 28.5 Å². The molecule has 154 valence electrons. The number of likely N-dealkylation sites (N-methyl/N-ethyl adjacent to an activating group) is 1. The summed E-state index contributed by atoms with van der Waals surface area (Å²) in [6.07, 6.45) is 3.28. The lowest BCUT2D eigenvalue weighted by molar-refractivity contribution is -0.204. The first kappa shape index (κ1) is 18.5. The highest BCUT2D eigenvalue weighted by Gasteiger charge is 2.74. The molecule has 2 heterocycles. The van der Waals surface area contributed by atoms with Crippen LogP contribution in [0.15, 0.2) is 24.0 Å². The fraction of sp³-hybridized carbons (Fsp3) is 0.545. The molecule has 4 aliphatic rings. The SMILES string of the molecule is COc1ccc2c3c1OC1C(OC(C)=O)=CCC4(OC(C)=O)C(C2)N(C)CCC314. The molecule has 0 amide bonds. The maximum atomic E-state index is 12.3. The van der Waals surface area contributed by atoms with E-state index in [2.05, 4.69) is 18.0 Å². The number of piperidine rings is 1. The fourth-order valence-corrected chi connectivity index (χ4v) is 6.18. The third-order valence-electron chi connectivity index (χ3n) is 7.11. The molecule has 0 radical (unpaired) electrons. The van der Waals surface area contributed by atoms with Crippen LogP contribution in [0.25, 0.3) is 0 Å². The van der Waals surface area contributed by atoms with E-state index in [0.29, 0.717) is 23.7 Å². The lowest BCUT2D eigenvalue weighted by Gasteiger charge is -2.62. The number of ether oxygens (including phenoxy) is 4. The lowest BCUT2D eigenvalue weighted by atomic mass is 9.50. The topological polar surface area (TPSA) is 74.3 Å². The van der Waals surface area contributed by atoms with Crippen LogP contribution in [0.1, 0.15) is 37.8 Å². The first-order chi connectivity index (χ1) is 13.8. The van der Waals surface area contributed by atoms with Gasteiger partial charge >= 0.3 is 11.9 Å². The van der Waals surface area contributed by atoms with Crippen LogP contribution in [-0.2, 0) is 30.9 Å². The van der Waals surface area contributed by atoms with Crippen molar-refractivity contribution in [1.29, 1.82) is 0 Å². The quantitative estimate of drug-likeness (QED) is 0.721. The number of carbonyl (C=O) groups excluding carboxylic acids is 2. The van der Waals surface area contributed by atoms with E-state index in [-0.39, 0.29) is 18.0 Å². The molecule has 1 spiro atoms. The lowest BCUT2D eigenvalue weighted by Crippen LogP contribution is -2.75. The Balaban J connectivity index is 1.82. The van der Waals surface area contributed by atoms with Gasteiger partial charge in [0.2, 0.25) is 0 Å². The van der Waals surface area contributed by atoms with Crippen LogP contribution in [0, 0.1) is 0 Å². The Bertz CT molecular complexity index is 955. The number of rotatable bonds is 3. The number of hydrogen-bond acceptors (Lipinski definition) is 7. The zero-order valence-electron chi connectivity index (χ0n) is 17.1. The number of hydrogen-bond donors (Lipinski definition) is 0. The van der Waals surface area contributed by atoms with Crippen LogP contribution >= 0.6 is 0 Å². The Morgan fingerprint density at radius 1 is 1.24 bits per heavy atom. The summed E-state index contributed by atoms with van der Waals surface area (Å²) in [6, 6.07) is 4.01. The summed E-state index contributed by atoms with van der Waals surface area (Å²) in [5, 5.41) is 0. The van der Waals surface area contributed by atoms with Gasteiger partial charge in [0.25, 0.3) is 0 Å². The maximum Gasteiger partial charge on any atom is 0.307 e. The molecule has 2 bridgehead atoms. The molecule has 1 saturated heterocycles. The van der Waals surface area contributed by atoms with Crippen molar-refractivity contribution in [2.24, 2.45) is 0 Å². The van der Waals surface area contributed by atoms with Crippen LogP contribution in [0.5, 0.6) is 11.5 Å². The van der Waals surface area contributed by atoms with Gasteiger partial charge in [0.05, 0.1) is 18.6 Å². The molecule has 1 aromatic rings. The maximum absolute atomic E-state index is 12.3. The van der Waals surface area contributed by atoms with E-state index in [4.69, 9.17) is 18.9 Å². The number of nitrogens with zero attached hydrogens (tertiary/aromatic N) is 1. The Morgan fingerprint density at radius 2 is 2.03 bits per heavy atom. The summed E-state index contributed by atoms with van der Waals surface area (Å²) in [5.74, 6) is 1.11. The van der Waals surface area contributed by atoms with Gasteiger partial charge in [0.15, 0.2) is 17.6 Å². The number of benzene rings is 1. The molecule has 7 heteroatoms. The normalized spacial score (nSPS) is 33.9. The van der Waals surface area contributed by atoms with Crippen LogP contribution in [0.3, 0.4) is 0 Å². The average Bonchev–Trinajstić information content (AvgIpc) is 3.01. The van der Waals surface area contributed by atoms with Crippen molar-refractivity contribution in [2.75, 3.05) is 20.7 Å². The number of likely N-dealkylation sites (tertiary alicyclic amines) is 1. The van der Waals surface area contributed by atoms with E-state index in [0.717, 1.165) is 24.9 Å². The monoisotopic (exact) mass is 399 g/mol. The summed E-state index contributed by atoms with van der Waals surface area (Å²) < 4.78 is 23.9. The van der Waals surface area contributed by atoms with E-state index < -0.39 is 17.1 Å². The molecule has 1 fully saturated rings. The zero-order chi connectivity index (χ0) is 20.6. The molecule has 2 aliphatic carbocycles. The Morgan fingerprint density at radius 3 is 2.72 bits per heavy atom. The third-order valence-corrected chi connectivity index (χ3v) is 7.11. The van der Waals surface area contributed by atoms with Gasteiger partial charge in [-0.15, -0.1) is 0 Å². The molecule has 1 aromatic carbocycles. The summed E-state index contributed by atoms with van der Waals surface area (Å²) in [6.45, 7) is 3.68. The van der Waals surface area contributed by atoms with Gasteiger partial charge in [-0.2, -0.15) is 0 Å². The van der Waals surface area contributed by atoms with Crippen molar-refractivity contribution in [2.45, 2.75) is 56.3 Å². The van der Waals surface area contributed by atoms with Crippen molar-refractivity contribution >= 4 is 11.9 Å². The van der Waals surface area contributed by atoms with Crippen molar-refractivity contribution in [1.82, 2.24) is 4.90 Å². The molecule has 0 saturated carbocycles. The highest BCUT2D eigenvalue weighted by Crippen LogP contribution is 2.66. The van der Waals surface area contributed by atoms with Gasteiger partial charge < -0.3 is 18.9 Å². The Hall–Kier alpha value is -2.54. The highest BCUT2D eigenvalue weighted by atomic mass is 16.6. The predicted octanol–water partition coefficient (Wildman–Crippen LogP) is 2.11.